The van der Waals surface area contributed by atoms with Crippen LogP contribution in [0.25, 0.3) is 11.3 Å². The number of nitrogens with two attached hydrogens (primary N) is 1. The number of nitriles is 2. The molecule has 1 aromatic carbocycles. The molecule has 2 aromatic rings. The fourth-order valence-electron chi connectivity index (χ4n) is 1.50. The van der Waals surface area contributed by atoms with Crippen molar-refractivity contribution in [3.8, 4) is 23.4 Å². The Balaban J connectivity index is 2.74. The molecule has 0 spiro atoms. The van der Waals surface area contributed by atoms with E-state index in [1.807, 2.05) is 12.1 Å². The summed E-state index contributed by atoms with van der Waals surface area (Å²) in [6.07, 6.45) is 0. The first kappa shape index (κ1) is 12.3. The van der Waals surface area contributed by atoms with Crippen LogP contribution in [0.1, 0.15) is 11.1 Å². The number of hydrogen-bond acceptors (Lipinski definition) is 4. The summed E-state index contributed by atoms with van der Waals surface area (Å²) in [7, 11) is 0. The molecule has 0 fully saturated rings. The Morgan fingerprint density at radius 1 is 1.17 bits per heavy atom. The van der Waals surface area contributed by atoms with Gasteiger partial charge in [-0.1, -0.05) is 23.2 Å². The molecule has 0 saturated heterocycles. The number of aromatic amines is 1. The van der Waals surface area contributed by atoms with Gasteiger partial charge in [0.25, 0.3) is 0 Å². The van der Waals surface area contributed by atoms with Gasteiger partial charge in [0.15, 0.2) is 0 Å². The van der Waals surface area contributed by atoms with E-state index in [1.165, 1.54) is 6.07 Å². The monoisotopic (exact) mass is 277 g/mol. The first-order chi connectivity index (χ1) is 8.60. The van der Waals surface area contributed by atoms with Gasteiger partial charge in [0.1, 0.15) is 29.2 Å². The van der Waals surface area contributed by atoms with E-state index in [0.717, 1.165) is 0 Å². The molecule has 88 valence electrons. The van der Waals surface area contributed by atoms with Gasteiger partial charge in [-0.15, -0.1) is 0 Å². The molecule has 0 unspecified atom stereocenters. The molecule has 1 heterocycles. The average Bonchev–Trinajstić information content (AvgIpc) is 2.71. The van der Waals surface area contributed by atoms with Crippen molar-refractivity contribution in [2.45, 2.75) is 0 Å². The number of nitrogens with zero attached hydrogens (tertiary/aromatic N) is 3. The van der Waals surface area contributed by atoms with Crippen LogP contribution in [-0.4, -0.2) is 10.2 Å². The molecule has 0 bridgehead atoms. The summed E-state index contributed by atoms with van der Waals surface area (Å²) in [6.45, 7) is 0. The van der Waals surface area contributed by atoms with E-state index < -0.39 is 0 Å². The van der Waals surface area contributed by atoms with Crippen molar-refractivity contribution < 1.29 is 0 Å². The number of anilines is 1. The predicted molar refractivity (Wildman–Crippen MR) is 67.9 cm³/mol. The smallest absolute Gasteiger partial charge is 0.137 e. The first-order valence-corrected chi connectivity index (χ1v) is 5.48. The molecule has 5 nitrogen and oxygen atoms in total. The lowest BCUT2D eigenvalue weighted by atomic mass is 10.1. The molecule has 0 radical (unpaired) electrons. The minimum Gasteiger partial charge on any atom is -0.383 e. The van der Waals surface area contributed by atoms with Crippen LogP contribution in [0.5, 0.6) is 0 Å². The fraction of sp³-hybridized carbons (Fsp3) is 0. The van der Waals surface area contributed by atoms with E-state index in [2.05, 4.69) is 10.2 Å². The first-order valence-electron chi connectivity index (χ1n) is 4.72. The Kier molecular flexibility index (Phi) is 3.12. The number of nitrogen functional groups attached to an aromatic ring is 1. The molecule has 0 amide bonds. The van der Waals surface area contributed by atoms with Gasteiger partial charge in [-0.25, -0.2) is 0 Å². The highest BCUT2D eigenvalue weighted by atomic mass is 35.5. The molecule has 1 aromatic heterocycles. The van der Waals surface area contributed by atoms with Crippen molar-refractivity contribution >= 4 is 29.0 Å². The number of nitrogens with one attached hydrogen (secondary N) is 1. The number of H-pyrrole nitrogens is 1. The molecule has 0 aliphatic carbocycles. The molecule has 0 atom stereocenters. The summed E-state index contributed by atoms with van der Waals surface area (Å²) >= 11 is 11.9. The Hall–Kier alpha value is -2.21. The van der Waals surface area contributed by atoms with E-state index in [0.29, 0.717) is 11.3 Å². The van der Waals surface area contributed by atoms with Crippen LogP contribution >= 0.6 is 23.2 Å². The minimum absolute atomic E-state index is 0.140. The lowest BCUT2D eigenvalue weighted by Gasteiger charge is -2.04. The van der Waals surface area contributed by atoms with Gasteiger partial charge in [-0.05, 0) is 12.1 Å². The zero-order valence-corrected chi connectivity index (χ0v) is 10.3. The van der Waals surface area contributed by atoms with E-state index in [4.69, 9.17) is 39.5 Å². The second-order valence-corrected chi connectivity index (χ2v) is 4.15. The minimum atomic E-state index is 0.140. The zero-order chi connectivity index (χ0) is 13.3. The molecular formula is C11H5Cl2N5. The highest BCUT2D eigenvalue weighted by molar-refractivity contribution is 6.38. The van der Waals surface area contributed by atoms with Gasteiger partial charge in [0, 0.05) is 5.56 Å². The lowest BCUT2D eigenvalue weighted by Crippen LogP contribution is -1.90. The highest BCUT2D eigenvalue weighted by Crippen LogP contribution is 2.35. The van der Waals surface area contributed by atoms with Crippen molar-refractivity contribution in [1.29, 1.82) is 10.5 Å². The quantitative estimate of drug-likeness (QED) is 0.836. The van der Waals surface area contributed by atoms with Gasteiger partial charge in [-0.3, -0.25) is 5.10 Å². The topological polar surface area (TPSA) is 102 Å². The summed E-state index contributed by atoms with van der Waals surface area (Å²) in [6, 6.07) is 6.94. The van der Waals surface area contributed by atoms with Gasteiger partial charge in [-0.2, -0.15) is 15.6 Å². The van der Waals surface area contributed by atoms with Crippen molar-refractivity contribution in [2.24, 2.45) is 0 Å². The van der Waals surface area contributed by atoms with Crippen LogP contribution in [0, 0.1) is 22.7 Å². The van der Waals surface area contributed by atoms with Gasteiger partial charge in [0.05, 0.1) is 15.6 Å². The maximum Gasteiger partial charge on any atom is 0.137 e. The molecule has 0 saturated carbocycles. The van der Waals surface area contributed by atoms with Crippen LogP contribution < -0.4 is 5.73 Å². The number of benzene rings is 1. The van der Waals surface area contributed by atoms with Gasteiger partial charge < -0.3 is 5.73 Å². The Labute approximate surface area is 112 Å². The number of aromatic nitrogens is 2. The van der Waals surface area contributed by atoms with Crippen LogP contribution in [0.2, 0.25) is 10.0 Å². The maximum atomic E-state index is 9.00. The van der Waals surface area contributed by atoms with Crippen molar-refractivity contribution in [3.63, 3.8) is 0 Å². The molecule has 0 aliphatic heterocycles. The molecule has 2 rings (SSSR count). The molecule has 3 N–H and O–H groups in total. The molecule has 0 aliphatic rings. The average molecular weight is 278 g/mol. The van der Waals surface area contributed by atoms with Crippen LogP contribution in [0.15, 0.2) is 12.1 Å². The normalized spacial score (nSPS) is 9.78. The van der Waals surface area contributed by atoms with Gasteiger partial charge >= 0.3 is 0 Å². The SMILES string of the molecule is N#Cc1c(-c2ccc(Cl)c(C#N)c2Cl)n[nH]c1N. The van der Waals surface area contributed by atoms with Crippen molar-refractivity contribution in [1.82, 2.24) is 10.2 Å². The second-order valence-electron chi connectivity index (χ2n) is 3.37. The van der Waals surface area contributed by atoms with E-state index >= 15 is 0 Å². The summed E-state index contributed by atoms with van der Waals surface area (Å²) in [5.41, 5.74) is 6.62. The van der Waals surface area contributed by atoms with Crippen molar-refractivity contribution in [2.75, 3.05) is 5.73 Å². The number of halogens is 2. The van der Waals surface area contributed by atoms with Crippen LogP contribution in [-0.2, 0) is 0 Å². The Bertz CT molecular complexity index is 705. The standard InChI is InChI=1S/C11H5Cl2N5/c12-8-2-1-5(9(13)6(8)3-14)10-7(4-15)11(16)18-17-10/h1-2H,(H3,16,17,18). The Morgan fingerprint density at radius 3 is 2.44 bits per heavy atom. The second kappa shape index (κ2) is 4.58. The summed E-state index contributed by atoms with van der Waals surface area (Å²) < 4.78 is 0. The summed E-state index contributed by atoms with van der Waals surface area (Å²) in [5, 5.41) is 24.8. The van der Waals surface area contributed by atoms with Crippen LogP contribution in [0.3, 0.4) is 0 Å². The number of rotatable bonds is 1. The van der Waals surface area contributed by atoms with Crippen molar-refractivity contribution in [3.05, 3.63) is 33.3 Å². The number of hydrogen-bond donors (Lipinski definition) is 2. The van der Waals surface area contributed by atoms with Crippen LogP contribution in [0.4, 0.5) is 5.82 Å². The van der Waals surface area contributed by atoms with E-state index in [-0.39, 0.29) is 27.0 Å². The zero-order valence-electron chi connectivity index (χ0n) is 8.83. The molecule has 18 heavy (non-hydrogen) atoms. The third-order valence-electron chi connectivity index (χ3n) is 2.36. The lowest BCUT2D eigenvalue weighted by molar-refractivity contribution is 1.10. The Morgan fingerprint density at radius 2 is 1.83 bits per heavy atom. The molecular weight excluding hydrogens is 273 g/mol. The van der Waals surface area contributed by atoms with E-state index in [9.17, 15) is 0 Å². The maximum absolute atomic E-state index is 9.00. The summed E-state index contributed by atoms with van der Waals surface area (Å²) in [4.78, 5) is 0. The van der Waals surface area contributed by atoms with E-state index in [1.54, 1.807) is 6.07 Å². The molecule has 7 heteroatoms. The fourth-order valence-corrected chi connectivity index (χ4v) is 2.05. The highest BCUT2D eigenvalue weighted by Gasteiger charge is 2.18. The van der Waals surface area contributed by atoms with Gasteiger partial charge in [0.2, 0.25) is 0 Å². The third-order valence-corrected chi connectivity index (χ3v) is 3.07. The largest absolute Gasteiger partial charge is 0.383 e. The third kappa shape index (κ3) is 1.76. The predicted octanol–water partition coefficient (Wildman–Crippen LogP) is 2.71. The summed E-state index contributed by atoms with van der Waals surface area (Å²) in [5.74, 6) is 0.150.